The molecule has 2 atom stereocenters. The van der Waals surface area contributed by atoms with Gasteiger partial charge in [0.1, 0.15) is 0 Å². The van der Waals surface area contributed by atoms with Crippen LogP contribution in [0.4, 0.5) is 0 Å². The van der Waals surface area contributed by atoms with Crippen LogP contribution in [0.15, 0.2) is 0 Å². The molecule has 0 aromatic rings. The summed E-state index contributed by atoms with van der Waals surface area (Å²) in [5.74, 6) is 1.92. The highest BCUT2D eigenvalue weighted by atomic mass is 15.2. The van der Waals surface area contributed by atoms with Gasteiger partial charge < -0.3 is 10.2 Å². The average Bonchev–Trinajstić information content (AvgIpc) is 3.13. The maximum Gasteiger partial charge on any atom is 0.00953 e. The Morgan fingerprint density at radius 3 is 2.69 bits per heavy atom. The Kier molecular flexibility index (Phi) is 4.66. The molecule has 2 nitrogen and oxygen atoms in total. The van der Waals surface area contributed by atoms with Crippen LogP contribution in [0.3, 0.4) is 0 Å². The zero-order chi connectivity index (χ0) is 11.4. The third-order valence-corrected chi connectivity index (χ3v) is 4.28. The van der Waals surface area contributed by atoms with Gasteiger partial charge in [0.15, 0.2) is 0 Å². The third kappa shape index (κ3) is 3.46. The molecular formula is C14H28N2. The molecule has 2 aliphatic rings. The van der Waals surface area contributed by atoms with E-state index < -0.39 is 0 Å². The second-order valence-corrected chi connectivity index (χ2v) is 5.79. The van der Waals surface area contributed by atoms with Crippen molar-refractivity contribution in [2.24, 2.45) is 11.8 Å². The fourth-order valence-corrected chi connectivity index (χ4v) is 3.04. The molecule has 94 valence electrons. The van der Waals surface area contributed by atoms with Gasteiger partial charge in [0, 0.05) is 12.6 Å². The van der Waals surface area contributed by atoms with Crippen molar-refractivity contribution >= 4 is 0 Å². The predicted octanol–water partition coefficient (Wildman–Crippen LogP) is 2.50. The van der Waals surface area contributed by atoms with Gasteiger partial charge in [-0.2, -0.15) is 0 Å². The van der Waals surface area contributed by atoms with Crippen LogP contribution in [-0.4, -0.2) is 37.1 Å². The van der Waals surface area contributed by atoms with E-state index in [9.17, 15) is 0 Å². The molecule has 2 rings (SSSR count). The van der Waals surface area contributed by atoms with Crippen molar-refractivity contribution in [1.29, 1.82) is 0 Å². The maximum atomic E-state index is 3.54. The van der Waals surface area contributed by atoms with E-state index in [0.717, 1.165) is 17.9 Å². The lowest BCUT2D eigenvalue weighted by Gasteiger charge is -2.34. The molecule has 0 aromatic carbocycles. The van der Waals surface area contributed by atoms with Gasteiger partial charge >= 0.3 is 0 Å². The summed E-state index contributed by atoms with van der Waals surface area (Å²) < 4.78 is 0. The molecule has 2 heteroatoms. The van der Waals surface area contributed by atoms with Crippen molar-refractivity contribution in [3.8, 4) is 0 Å². The molecule has 2 fully saturated rings. The van der Waals surface area contributed by atoms with Crippen LogP contribution in [-0.2, 0) is 0 Å². The zero-order valence-corrected chi connectivity index (χ0v) is 11.0. The molecular weight excluding hydrogens is 196 g/mol. The zero-order valence-electron chi connectivity index (χ0n) is 11.0. The summed E-state index contributed by atoms with van der Waals surface area (Å²) in [5, 5.41) is 3.54. The molecule has 0 spiro atoms. The number of piperidine rings is 1. The largest absolute Gasteiger partial charge is 0.316 e. The summed E-state index contributed by atoms with van der Waals surface area (Å²) in [7, 11) is 0. The normalized spacial score (nSPS) is 28.3. The fraction of sp³-hybridized carbons (Fsp3) is 1.00. The average molecular weight is 224 g/mol. The predicted molar refractivity (Wildman–Crippen MR) is 69.6 cm³/mol. The molecule has 1 aliphatic carbocycles. The molecule has 1 saturated carbocycles. The molecule has 16 heavy (non-hydrogen) atoms. The summed E-state index contributed by atoms with van der Waals surface area (Å²) in [5.41, 5.74) is 0. The molecule has 0 amide bonds. The number of hydrogen-bond donors (Lipinski definition) is 1. The van der Waals surface area contributed by atoms with Gasteiger partial charge in [0.05, 0.1) is 0 Å². The maximum absolute atomic E-state index is 3.54. The Bertz CT molecular complexity index is 195. The Morgan fingerprint density at radius 2 is 2.12 bits per heavy atom. The van der Waals surface area contributed by atoms with E-state index in [1.165, 1.54) is 58.3 Å². The highest BCUT2D eigenvalue weighted by Gasteiger charge is 2.32. The first-order valence-electron chi connectivity index (χ1n) is 7.26. The van der Waals surface area contributed by atoms with Crippen LogP contribution < -0.4 is 5.32 Å². The number of rotatable bonds is 6. The quantitative estimate of drug-likeness (QED) is 0.746. The van der Waals surface area contributed by atoms with E-state index in [-0.39, 0.29) is 0 Å². The molecule has 0 bridgehead atoms. The first kappa shape index (κ1) is 12.4. The van der Waals surface area contributed by atoms with Crippen LogP contribution in [0.25, 0.3) is 0 Å². The van der Waals surface area contributed by atoms with Crippen LogP contribution >= 0.6 is 0 Å². The Morgan fingerprint density at radius 1 is 1.31 bits per heavy atom. The van der Waals surface area contributed by atoms with Crippen molar-refractivity contribution in [2.75, 3.05) is 26.2 Å². The number of nitrogens with one attached hydrogen (secondary N) is 1. The van der Waals surface area contributed by atoms with Crippen molar-refractivity contribution in [1.82, 2.24) is 10.2 Å². The first-order valence-corrected chi connectivity index (χ1v) is 7.26. The van der Waals surface area contributed by atoms with Gasteiger partial charge in [-0.15, -0.1) is 0 Å². The minimum Gasteiger partial charge on any atom is -0.316 e. The van der Waals surface area contributed by atoms with Crippen molar-refractivity contribution in [2.45, 2.75) is 52.0 Å². The summed E-state index contributed by atoms with van der Waals surface area (Å²) in [6.45, 7) is 9.88. The first-order chi connectivity index (χ1) is 7.81. The lowest BCUT2D eigenvalue weighted by atomic mass is 9.98. The highest BCUT2D eigenvalue weighted by molar-refractivity contribution is 4.86. The van der Waals surface area contributed by atoms with Crippen LogP contribution in [0.5, 0.6) is 0 Å². The SMILES string of the molecule is CCCN(CC1CCCNC1)C(C)C1CC1. The number of nitrogens with zero attached hydrogens (tertiary/aromatic N) is 1. The molecule has 0 radical (unpaired) electrons. The third-order valence-electron chi connectivity index (χ3n) is 4.28. The van der Waals surface area contributed by atoms with Gasteiger partial charge in [-0.3, -0.25) is 0 Å². The van der Waals surface area contributed by atoms with Crippen molar-refractivity contribution < 1.29 is 0 Å². The lowest BCUT2D eigenvalue weighted by molar-refractivity contribution is 0.149. The van der Waals surface area contributed by atoms with Crippen LogP contribution in [0, 0.1) is 11.8 Å². The van der Waals surface area contributed by atoms with Gasteiger partial charge in [-0.25, -0.2) is 0 Å². The summed E-state index contributed by atoms with van der Waals surface area (Å²) >= 11 is 0. The summed E-state index contributed by atoms with van der Waals surface area (Å²) in [4.78, 5) is 2.76. The highest BCUT2D eigenvalue weighted by Crippen LogP contribution is 2.35. The van der Waals surface area contributed by atoms with Gasteiger partial charge in [-0.05, 0) is 70.5 Å². The van der Waals surface area contributed by atoms with Crippen LogP contribution in [0.1, 0.15) is 46.0 Å². The Balaban J connectivity index is 1.80. The van der Waals surface area contributed by atoms with E-state index in [4.69, 9.17) is 0 Å². The standard InChI is InChI=1S/C14H28N2/c1-3-9-16(12(2)14-6-7-14)11-13-5-4-8-15-10-13/h12-15H,3-11H2,1-2H3. The molecule has 0 aromatic heterocycles. The van der Waals surface area contributed by atoms with E-state index in [1.807, 2.05) is 0 Å². The van der Waals surface area contributed by atoms with Crippen LogP contribution in [0.2, 0.25) is 0 Å². The van der Waals surface area contributed by atoms with Crippen molar-refractivity contribution in [3.63, 3.8) is 0 Å². The summed E-state index contributed by atoms with van der Waals surface area (Å²) in [6.07, 6.45) is 7.07. The van der Waals surface area contributed by atoms with E-state index >= 15 is 0 Å². The van der Waals surface area contributed by atoms with Crippen molar-refractivity contribution in [3.05, 3.63) is 0 Å². The lowest BCUT2D eigenvalue weighted by Crippen LogP contribution is -2.43. The molecule has 2 unspecified atom stereocenters. The van der Waals surface area contributed by atoms with Gasteiger partial charge in [0.25, 0.3) is 0 Å². The molecule has 1 N–H and O–H groups in total. The van der Waals surface area contributed by atoms with E-state index in [1.54, 1.807) is 0 Å². The Hall–Kier alpha value is -0.0800. The van der Waals surface area contributed by atoms with E-state index in [0.29, 0.717) is 0 Å². The molecule has 1 aliphatic heterocycles. The fourth-order valence-electron chi connectivity index (χ4n) is 3.04. The Labute approximate surface area is 101 Å². The second kappa shape index (κ2) is 6.02. The number of hydrogen-bond acceptors (Lipinski definition) is 2. The summed E-state index contributed by atoms with van der Waals surface area (Å²) in [6, 6.07) is 0.835. The molecule has 1 heterocycles. The smallest absolute Gasteiger partial charge is 0.00953 e. The molecule has 1 saturated heterocycles. The van der Waals surface area contributed by atoms with E-state index in [2.05, 4.69) is 24.1 Å². The topological polar surface area (TPSA) is 15.3 Å². The monoisotopic (exact) mass is 224 g/mol. The van der Waals surface area contributed by atoms with Gasteiger partial charge in [0.2, 0.25) is 0 Å². The minimum atomic E-state index is 0.835. The van der Waals surface area contributed by atoms with Gasteiger partial charge in [-0.1, -0.05) is 6.92 Å². The minimum absolute atomic E-state index is 0.835. The second-order valence-electron chi connectivity index (χ2n) is 5.79.